The molecule has 2 rings (SSSR count). The minimum absolute atomic E-state index is 0.00804. The Kier molecular flexibility index (Phi) is 3.05. The van der Waals surface area contributed by atoms with Crippen molar-refractivity contribution in [2.75, 3.05) is 0 Å². The predicted molar refractivity (Wildman–Crippen MR) is 60.4 cm³/mol. The number of hydrogen-bond acceptors (Lipinski definition) is 3. The molecule has 2 aromatic rings. The van der Waals surface area contributed by atoms with Crippen molar-refractivity contribution in [1.29, 1.82) is 0 Å². The van der Waals surface area contributed by atoms with Gasteiger partial charge in [-0.2, -0.15) is 5.10 Å². The Morgan fingerprint density at radius 1 is 1.50 bits per heavy atom. The van der Waals surface area contributed by atoms with Gasteiger partial charge in [0.15, 0.2) is 5.15 Å². The van der Waals surface area contributed by atoms with E-state index in [9.17, 15) is 4.79 Å². The molecule has 6 heteroatoms. The first-order valence-corrected chi connectivity index (χ1v) is 5.23. The van der Waals surface area contributed by atoms with Gasteiger partial charge in [0.25, 0.3) is 5.56 Å². The number of aromatic nitrogens is 4. The molecule has 2 heterocycles. The van der Waals surface area contributed by atoms with Gasteiger partial charge in [-0.3, -0.25) is 9.48 Å². The summed E-state index contributed by atoms with van der Waals surface area (Å²) < 4.78 is 3.28. The molecule has 0 aliphatic carbocycles. The van der Waals surface area contributed by atoms with Gasteiger partial charge in [0.05, 0.1) is 6.20 Å². The van der Waals surface area contributed by atoms with E-state index in [1.54, 1.807) is 21.6 Å². The first-order valence-electron chi connectivity index (χ1n) is 4.85. The highest BCUT2D eigenvalue weighted by Crippen LogP contribution is 2.00. The van der Waals surface area contributed by atoms with Crippen molar-refractivity contribution in [3.63, 3.8) is 0 Å². The summed E-state index contributed by atoms with van der Waals surface area (Å²) in [4.78, 5) is 15.3. The number of halogens is 1. The topological polar surface area (TPSA) is 52.7 Å². The Labute approximate surface area is 97.3 Å². The second-order valence-corrected chi connectivity index (χ2v) is 3.85. The van der Waals surface area contributed by atoms with Crippen LogP contribution in [0.3, 0.4) is 0 Å². The summed E-state index contributed by atoms with van der Waals surface area (Å²) in [7, 11) is 1.86. The zero-order valence-electron chi connectivity index (χ0n) is 8.80. The maximum Gasteiger partial charge on any atom is 0.288 e. The van der Waals surface area contributed by atoms with Crippen LogP contribution in [0.25, 0.3) is 0 Å². The number of aryl methyl sites for hydroxylation is 3. The van der Waals surface area contributed by atoms with E-state index in [0.29, 0.717) is 6.54 Å². The van der Waals surface area contributed by atoms with Crippen LogP contribution in [0.1, 0.15) is 5.56 Å². The quantitative estimate of drug-likeness (QED) is 0.798. The van der Waals surface area contributed by atoms with Crippen LogP contribution in [0.5, 0.6) is 0 Å². The molecule has 0 fully saturated rings. The van der Waals surface area contributed by atoms with E-state index < -0.39 is 0 Å². The molecule has 0 radical (unpaired) electrons. The van der Waals surface area contributed by atoms with Crippen molar-refractivity contribution in [3.8, 4) is 0 Å². The Balaban J connectivity index is 2.11. The zero-order valence-corrected chi connectivity index (χ0v) is 9.55. The van der Waals surface area contributed by atoms with Gasteiger partial charge >= 0.3 is 0 Å². The average Bonchev–Trinajstić information content (AvgIpc) is 2.67. The third-order valence-electron chi connectivity index (χ3n) is 2.27. The van der Waals surface area contributed by atoms with Crippen LogP contribution in [0.15, 0.2) is 29.6 Å². The van der Waals surface area contributed by atoms with Gasteiger partial charge in [0, 0.05) is 32.2 Å². The predicted octanol–water partition coefficient (Wildman–Crippen LogP) is 0.873. The Morgan fingerprint density at radius 3 is 3.00 bits per heavy atom. The molecule has 0 aromatic carbocycles. The van der Waals surface area contributed by atoms with Crippen LogP contribution < -0.4 is 5.56 Å². The molecule has 0 amide bonds. The molecule has 2 aromatic heterocycles. The number of hydrogen-bond donors (Lipinski definition) is 0. The van der Waals surface area contributed by atoms with E-state index in [-0.39, 0.29) is 10.7 Å². The van der Waals surface area contributed by atoms with Gasteiger partial charge in [-0.15, -0.1) is 0 Å². The van der Waals surface area contributed by atoms with Crippen LogP contribution in [0.2, 0.25) is 5.15 Å². The second kappa shape index (κ2) is 4.49. The molecule has 0 saturated heterocycles. The first-order chi connectivity index (χ1) is 7.66. The Morgan fingerprint density at radius 2 is 2.31 bits per heavy atom. The number of rotatable bonds is 3. The van der Waals surface area contributed by atoms with Crippen LogP contribution in [0, 0.1) is 0 Å². The standard InChI is InChI=1S/C10H11ClN4O/c1-14-7-8(6-13-14)2-4-15-5-3-12-9(11)10(15)16/h3,5-7H,2,4H2,1H3. The normalized spacial score (nSPS) is 10.6. The monoisotopic (exact) mass is 238 g/mol. The smallest absolute Gasteiger partial charge is 0.288 e. The minimum Gasteiger partial charge on any atom is -0.311 e. The van der Waals surface area contributed by atoms with E-state index in [1.165, 1.54) is 6.20 Å². The largest absolute Gasteiger partial charge is 0.311 e. The minimum atomic E-state index is -0.256. The average molecular weight is 239 g/mol. The van der Waals surface area contributed by atoms with Gasteiger partial charge in [-0.1, -0.05) is 11.6 Å². The highest BCUT2D eigenvalue weighted by molar-refractivity contribution is 6.29. The van der Waals surface area contributed by atoms with Gasteiger partial charge in [-0.05, 0) is 12.0 Å². The molecule has 16 heavy (non-hydrogen) atoms. The summed E-state index contributed by atoms with van der Waals surface area (Å²) >= 11 is 5.64. The molecule has 0 N–H and O–H groups in total. The van der Waals surface area contributed by atoms with E-state index in [1.807, 2.05) is 13.2 Å². The maximum absolute atomic E-state index is 11.5. The summed E-state index contributed by atoms with van der Waals surface area (Å²) in [6, 6.07) is 0. The van der Waals surface area contributed by atoms with Crippen LogP contribution in [0.4, 0.5) is 0 Å². The van der Waals surface area contributed by atoms with Crippen LogP contribution >= 0.6 is 11.6 Å². The fraction of sp³-hybridized carbons (Fsp3) is 0.300. The van der Waals surface area contributed by atoms with Crippen molar-refractivity contribution in [3.05, 3.63) is 45.9 Å². The van der Waals surface area contributed by atoms with E-state index in [4.69, 9.17) is 11.6 Å². The summed E-state index contributed by atoms with van der Waals surface area (Å²) in [6.07, 6.45) is 7.60. The lowest BCUT2D eigenvalue weighted by Gasteiger charge is -2.03. The first kappa shape index (κ1) is 10.9. The third-order valence-corrected chi connectivity index (χ3v) is 2.53. The molecule has 0 spiro atoms. The Bertz CT molecular complexity index is 546. The molecule has 84 valence electrons. The van der Waals surface area contributed by atoms with Crippen LogP contribution in [-0.2, 0) is 20.0 Å². The van der Waals surface area contributed by atoms with Gasteiger partial charge in [-0.25, -0.2) is 4.98 Å². The highest BCUT2D eigenvalue weighted by atomic mass is 35.5. The molecule has 5 nitrogen and oxygen atoms in total. The van der Waals surface area contributed by atoms with Gasteiger partial charge in [0.2, 0.25) is 0 Å². The van der Waals surface area contributed by atoms with E-state index in [0.717, 1.165) is 12.0 Å². The number of nitrogens with zero attached hydrogens (tertiary/aromatic N) is 4. The van der Waals surface area contributed by atoms with E-state index in [2.05, 4.69) is 10.1 Å². The fourth-order valence-corrected chi connectivity index (χ4v) is 1.61. The molecular weight excluding hydrogens is 228 g/mol. The molecule has 0 bridgehead atoms. The Hall–Kier alpha value is -1.62. The third kappa shape index (κ3) is 2.30. The summed E-state index contributed by atoms with van der Waals surface area (Å²) in [5, 5.41) is 4.07. The lowest BCUT2D eigenvalue weighted by molar-refractivity contribution is 0.662. The van der Waals surface area contributed by atoms with Crippen molar-refractivity contribution in [2.45, 2.75) is 13.0 Å². The fourth-order valence-electron chi connectivity index (χ4n) is 1.45. The van der Waals surface area contributed by atoms with Crippen LogP contribution in [-0.4, -0.2) is 19.3 Å². The summed E-state index contributed by atoms with van der Waals surface area (Å²) in [5.74, 6) is 0. The molecular formula is C10H11ClN4O. The second-order valence-electron chi connectivity index (χ2n) is 3.49. The lowest BCUT2D eigenvalue weighted by Crippen LogP contribution is -2.21. The van der Waals surface area contributed by atoms with Crippen molar-refractivity contribution in [2.24, 2.45) is 7.05 Å². The molecule has 0 atom stereocenters. The van der Waals surface area contributed by atoms with E-state index >= 15 is 0 Å². The van der Waals surface area contributed by atoms with Crippen molar-refractivity contribution in [1.82, 2.24) is 19.3 Å². The van der Waals surface area contributed by atoms with Crippen molar-refractivity contribution < 1.29 is 0 Å². The maximum atomic E-state index is 11.5. The lowest BCUT2D eigenvalue weighted by atomic mass is 10.2. The van der Waals surface area contributed by atoms with Crippen molar-refractivity contribution >= 4 is 11.6 Å². The molecule has 0 aliphatic rings. The van der Waals surface area contributed by atoms with Gasteiger partial charge < -0.3 is 4.57 Å². The zero-order chi connectivity index (χ0) is 11.5. The molecule has 0 saturated carbocycles. The SMILES string of the molecule is Cn1cc(CCn2ccnc(Cl)c2=O)cn1. The highest BCUT2D eigenvalue weighted by Gasteiger charge is 2.02. The summed E-state index contributed by atoms with van der Waals surface area (Å²) in [6.45, 7) is 0.576. The molecule has 0 unspecified atom stereocenters. The van der Waals surface area contributed by atoms with Gasteiger partial charge in [0.1, 0.15) is 0 Å². The molecule has 0 aliphatic heterocycles. The summed E-state index contributed by atoms with van der Waals surface area (Å²) in [5.41, 5.74) is 0.829.